The standard InChI is InChI=1S/C20H28N2O4/c1-15-16(5-3-6-17(15)23)19(25)22-10-4-8-20(14-22)9-7-18(24)21(13-20)11-12-26-2/h3,5-6,23H,4,7-14H2,1-2H3/t20-/m0/s1. The van der Waals surface area contributed by atoms with Gasteiger partial charge in [0, 0.05) is 56.3 Å². The summed E-state index contributed by atoms with van der Waals surface area (Å²) in [7, 11) is 1.64. The van der Waals surface area contributed by atoms with E-state index in [9.17, 15) is 14.7 Å². The van der Waals surface area contributed by atoms with E-state index in [4.69, 9.17) is 4.74 Å². The van der Waals surface area contributed by atoms with Crippen molar-refractivity contribution in [2.45, 2.75) is 32.6 Å². The van der Waals surface area contributed by atoms with Crippen molar-refractivity contribution in [3.05, 3.63) is 29.3 Å². The van der Waals surface area contributed by atoms with Crippen LogP contribution in [0.4, 0.5) is 0 Å². The largest absolute Gasteiger partial charge is 0.508 e. The fourth-order valence-electron chi connectivity index (χ4n) is 4.25. The molecule has 0 bridgehead atoms. The lowest BCUT2D eigenvalue weighted by Gasteiger charge is -2.48. The van der Waals surface area contributed by atoms with Crippen molar-refractivity contribution in [1.82, 2.24) is 9.80 Å². The van der Waals surface area contributed by atoms with Crippen molar-refractivity contribution in [2.75, 3.05) is 39.9 Å². The van der Waals surface area contributed by atoms with Crippen LogP contribution in [0.15, 0.2) is 18.2 Å². The van der Waals surface area contributed by atoms with Crippen LogP contribution in [0.25, 0.3) is 0 Å². The second-order valence-electron chi connectivity index (χ2n) is 7.59. The molecule has 1 spiro atoms. The van der Waals surface area contributed by atoms with Gasteiger partial charge in [-0.1, -0.05) is 6.07 Å². The lowest BCUT2D eigenvalue weighted by molar-refractivity contribution is -0.139. The van der Waals surface area contributed by atoms with Crippen LogP contribution >= 0.6 is 0 Å². The predicted octanol–water partition coefficient (Wildman–Crippen LogP) is 2.19. The Labute approximate surface area is 154 Å². The first-order valence-corrected chi connectivity index (χ1v) is 9.30. The summed E-state index contributed by atoms with van der Waals surface area (Å²) in [5.41, 5.74) is 1.16. The summed E-state index contributed by atoms with van der Waals surface area (Å²) in [5, 5.41) is 9.91. The number of amides is 2. The van der Waals surface area contributed by atoms with Crippen LogP contribution in [0.3, 0.4) is 0 Å². The van der Waals surface area contributed by atoms with Gasteiger partial charge in [0.2, 0.25) is 5.91 Å². The first-order chi connectivity index (χ1) is 12.5. The highest BCUT2D eigenvalue weighted by molar-refractivity contribution is 5.96. The molecule has 0 saturated carbocycles. The van der Waals surface area contributed by atoms with E-state index in [1.807, 2.05) is 9.80 Å². The van der Waals surface area contributed by atoms with Gasteiger partial charge >= 0.3 is 0 Å². The van der Waals surface area contributed by atoms with Gasteiger partial charge in [0.1, 0.15) is 5.75 Å². The highest BCUT2D eigenvalue weighted by atomic mass is 16.5. The molecule has 0 unspecified atom stereocenters. The molecule has 0 radical (unpaired) electrons. The van der Waals surface area contributed by atoms with Gasteiger partial charge in [0.05, 0.1) is 6.61 Å². The zero-order valence-electron chi connectivity index (χ0n) is 15.7. The highest BCUT2D eigenvalue weighted by Crippen LogP contribution is 2.39. The third-order valence-corrected chi connectivity index (χ3v) is 5.80. The second kappa shape index (κ2) is 7.66. The molecule has 6 nitrogen and oxygen atoms in total. The molecule has 1 N–H and O–H groups in total. The number of carbonyl (C=O) groups excluding carboxylic acids is 2. The maximum absolute atomic E-state index is 13.0. The molecule has 2 saturated heterocycles. The molecule has 2 fully saturated rings. The molecule has 2 aliphatic rings. The van der Waals surface area contributed by atoms with Crippen LogP contribution in [-0.4, -0.2) is 66.6 Å². The molecule has 2 aliphatic heterocycles. The summed E-state index contributed by atoms with van der Waals surface area (Å²) in [4.78, 5) is 29.0. The molecule has 142 valence electrons. The molecule has 0 aromatic heterocycles. The zero-order valence-corrected chi connectivity index (χ0v) is 15.7. The Balaban J connectivity index is 1.75. The van der Waals surface area contributed by atoms with Gasteiger partial charge in [-0.2, -0.15) is 0 Å². The van der Waals surface area contributed by atoms with Crippen LogP contribution in [0.5, 0.6) is 5.75 Å². The number of carbonyl (C=O) groups is 2. The number of nitrogens with zero attached hydrogens (tertiary/aromatic N) is 2. The number of rotatable bonds is 4. The summed E-state index contributed by atoms with van der Waals surface area (Å²) in [6, 6.07) is 5.08. The van der Waals surface area contributed by atoms with Gasteiger partial charge in [0.15, 0.2) is 0 Å². The van der Waals surface area contributed by atoms with Crippen LogP contribution in [0.2, 0.25) is 0 Å². The van der Waals surface area contributed by atoms with Gasteiger partial charge in [-0.25, -0.2) is 0 Å². The van der Waals surface area contributed by atoms with Crippen LogP contribution in [0, 0.1) is 12.3 Å². The first kappa shape index (κ1) is 18.7. The lowest BCUT2D eigenvalue weighted by atomic mass is 9.73. The summed E-state index contributed by atoms with van der Waals surface area (Å²) in [6.45, 7) is 5.00. The minimum absolute atomic E-state index is 0.0275. The number of likely N-dealkylation sites (tertiary alicyclic amines) is 2. The molecule has 1 aromatic rings. The molecule has 1 aromatic carbocycles. The SMILES string of the molecule is COCCN1C[C@]2(CCCN(C(=O)c3cccc(O)c3C)C2)CCC1=O. The van der Waals surface area contributed by atoms with Gasteiger partial charge < -0.3 is 19.6 Å². The van der Waals surface area contributed by atoms with Crippen LogP contribution < -0.4 is 0 Å². The Morgan fingerprint density at radius 2 is 2.12 bits per heavy atom. The maximum Gasteiger partial charge on any atom is 0.254 e. The fourth-order valence-corrected chi connectivity index (χ4v) is 4.25. The van der Waals surface area contributed by atoms with E-state index in [0.717, 1.165) is 25.8 Å². The van der Waals surface area contributed by atoms with Gasteiger partial charge in [-0.3, -0.25) is 9.59 Å². The van der Waals surface area contributed by atoms with E-state index in [-0.39, 0.29) is 23.0 Å². The van der Waals surface area contributed by atoms with Crippen molar-refractivity contribution in [2.24, 2.45) is 5.41 Å². The van der Waals surface area contributed by atoms with E-state index >= 15 is 0 Å². The third-order valence-electron chi connectivity index (χ3n) is 5.80. The second-order valence-corrected chi connectivity index (χ2v) is 7.59. The van der Waals surface area contributed by atoms with Gasteiger partial charge in [-0.05, 0) is 38.3 Å². The van der Waals surface area contributed by atoms with Gasteiger partial charge in [0.25, 0.3) is 5.91 Å². The quantitative estimate of drug-likeness (QED) is 0.894. The number of aromatic hydroxyl groups is 1. The Bertz CT molecular complexity index is 690. The average Bonchev–Trinajstić information content (AvgIpc) is 2.64. The minimum atomic E-state index is -0.0298. The van der Waals surface area contributed by atoms with Crippen molar-refractivity contribution in [3.63, 3.8) is 0 Å². The molecule has 1 atom stereocenters. The number of methoxy groups -OCH3 is 1. The Kier molecular flexibility index (Phi) is 5.51. The van der Waals surface area contributed by atoms with E-state index in [1.165, 1.54) is 0 Å². The fraction of sp³-hybridized carbons (Fsp3) is 0.600. The van der Waals surface area contributed by atoms with E-state index < -0.39 is 0 Å². The summed E-state index contributed by atoms with van der Waals surface area (Å²) < 4.78 is 5.13. The molecule has 0 aliphatic carbocycles. The Hall–Kier alpha value is -2.08. The van der Waals surface area contributed by atoms with E-state index in [1.54, 1.807) is 32.2 Å². The molecule has 6 heteroatoms. The van der Waals surface area contributed by atoms with E-state index in [2.05, 4.69) is 0 Å². The third kappa shape index (κ3) is 3.70. The van der Waals surface area contributed by atoms with Crippen LogP contribution in [0.1, 0.15) is 41.6 Å². The molecule has 2 amide bonds. The smallest absolute Gasteiger partial charge is 0.254 e. The Morgan fingerprint density at radius 1 is 1.31 bits per heavy atom. The maximum atomic E-state index is 13.0. The number of hydrogen-bond acceptors (Lipinski definition) is 4. The van der Waals surface area contributed by atoms with Crippen molar-refractivity contribution in [3.8, 4) is 5.75 Å². The predicted molar refractivity (Wildman–Crippen MR) is 98.1 cm³/mol. The number of phenols is 1. The average molecular weight is 360 g/mol. The minimum Gasteiger partial charge on any atom is -0.508 e. The number of benzene rings is 1. The normalized spacial score (nSPS) is 23.5. The molecular formula is C20H28N2O4. The topological polar surface area (TPSA) is 70.1 Å². The van der Waals surface area contributed by atoms with Crippen molar-refractivity contribution >= 4 is 11.8 Å². The molecule has 3 rings (SSSR count). The number of ether oxygens (including phenoxy) is 1. The van der Waals surface area contributed by atoms with Gasteiger partial charge in [-0.15, -0.1) is 0 Å². The zero-order chi connectivity index (χ0) is 18.7. The summed E-state index contributed by atoms with van der Waals surface area (Å²) in [6.07, 6.45) is 3.34. The number of phenolic OH excluding ortho intramolecular Hbond substituents is 1. The van der Waals surface area contributed by atoms with Crippen molar-refractivity contribution in [1.29, 1.82) is 0 Å². The monoisotopic (exact) mass is 360 g/mol. The summed E-state index contributed by atoms with van der Waals surface area (Å²) in [5.74, 6) is 0.300. The number of piperidine rings is 2. The highest BCUT2D eigenvalue weighted by Gasteiger charge is 2.42. The molecular weight excluding hydrogens is 332 g/mol. The van der Waals surface area contributed by atoms with Crippen LogP contribution in [-0.2, 0) is 9.53 Å². The number of hydrogen-bond donors (Lipinski definition) is 1. The Morgan fingerprint density at radius 3 is 2.88 bits per heavy atom. The first-order valence-electron chi connectivity index (χ1n) is 9.30. The molecule has 2 heterocycles. The molecule has 26 heavy (non-hydrogen) atoms. The summed E-state index contributed by atoms with van der Waals surface area (Å²) >= 11 is 0. The van der Waals surface area contributed by atoms with E-state index in [0.29, 0.717) is 43.8 Å². The lowest BCUT2D eigenvalue weighted by Crippen LogP contribution is -2.55. The van der Waals surface area contributed by atoms with Crippen molar-refractivity contribution < 1.29 is 19.4 Å².